The van der Waals surface area contributed by atoms with Crippen molar-refractivity contribution in [2.75, 3.05) is 19.7 Å². The van der Waals surface area contributed by atoms with Gasteiger partial charge in [0.25, 0.3) is 0 Å². The molecule has 0 aromatic carbocycles. The Morgan fingerprint density at radius 3 is 2.46 bits per heavy atom. The topological polar surface area (TPSA) is 40.5 Å². The van der Waals surface area contributed by atoms with E-state index in [0.717, 1.165) is 13.1 Å². The first-order valence-electron chi connectivity index (χ1n) is 5.00. The molecule has 1 N–H and O–H groups in total. The molecule has 0 aromatic rings. The Bertz CT molecular complexity index is 146. The van der Waals surface area contributed by atoms with Gasteiger partial charge >= 0.3 is 0 Å². The van der Waals surface area contributed by atoms with Crippen molar-refractivity contribution in [3.63, 3.8) is 0 Å². The smallest absolute Gasteiger partial charge is 0.222 e. The molecule has 0 aliphatic carbocycles. The minimum absolute atomic E-state index is 0.102. The van der Waals surface area contributed by atoms with E-state index in [-0.39, 0.29) is 12.5 Å². The number of rotatable bonds is 6. The van der Waals surface area contributed by atoms with Gasteiger partial charge < -0.3 is 10.0 Å². The zero-order valence-corrected chi connectivity index (χ0v) is 8.92. The van der Waals surface area contributed by atoms with Crippen LogP contribution in [-0.4, -0.2) is 35.6 Å². The van der Waals surface area contributed by atoms with Crippen molar-refractivity contribution in [2.45, 2.75) is 33.6 Å². The molecule has 0 radical (unpaired) electrons. The number of aliphatic hydroxyl groups excluding tert-OH is 1. The lowest BCUT2D eigenvalue weighted by atomic mass is 10.2. The maximum Gasteiger partial charge on any atom is 0.222 e. The molecule has 3 nitrogen and oxygen atoms in total. The summed E-state index contributed by atoms with van der Waals surface area (Å²) >= 11 is 0. The zero-order valence-electron chi connectivity index (χ0n) is 8.92. The van der Waals surface area contributed by atoms with Crippen molar-refractivity contribution in [1.29, 1.82) is 0 Å². The Balaban J connectivity index is 3.85. The maximum atomic E-state index is 11.5. The van der Waals surface area contributed by atoms with E-state index >= 15 is 0 Å². The van der Waals surface area contributed by atoms with Crippen LogP contribution < -0.4 is 0 Å². The lowest BCUT2D eigenvalue weighted by Gasteiger charge is -2.22. The van der Waals surface area contributed by atoms with E-state index in [4.69, 9.17) is 5.11 Å². The van der Waals surface area contributed by atoms with Crippen molar-refractivity contribution in [3.8, 4) is 0 Å². The predicted molar refractivity (Wildman–Crippen MR) is 53.4 cm³/mol. The maximum absolute atomic E-state index is 11.5. The standard InChI is InChI=1S/C10H21NO2/c1-4-11(8-9(2)3)10(13)6-5-7-12/h9,12H,4-8H2,1-3H3. The number of aliphatic hydroxyl groups is 1. The molecule has 0 atom stereocenters. The Morgan fingerprint density at radius 1 is 1.46 bits per heavy atom. The monoisotopic (exact) mass is 187 g/mol. The quantitative estimate of drug-likeness (QED) is 0.680. The van der Waals surface area contributed by atoms with Gasteiger partial charge in [0.1, 0.15) is 0 Å². The summed E-state index contributed by atoms with van der Waals surface area (Å²) in [5, 5.41) is 8.58. The Hall–Kier alpha value is -0.570. The van der Waals surface area contributed by atoms with Gasteiger partial charge in [-0.2, -0.15) is 0 Å². The van der Waals surface area contributed by atoms with Crippen molar-refractivity contribution in [1.82, 2.24) is 4.90 Å². The van der Waals surface area contributed by atoms with Crippen molar-refractivity contribution in [3.05, 3.63) is 0 Å². The first kappa shape index (κ1) is 12.4. The highest BCUT2D eigenvalue weighted by molar-refractivity contribution is 5.76. The molecule has 0 rings (SSSR count). The lowest BCUT2D eigenvalue weighted by Crippen LogP contribution is -2.33. The van der Waals surface area contributed by atoms with Crippen molar-refractivity contribution in [2.24, 2.45) is 5.92 Å². The molecule has 0 spiro atoms. The second-order valence-corrected chi connectivity index (χ2v) is 3.65. The average Bonchev–Trinajstić information content (AvgIpc) is 2.09. The van der Waals surface area contributed by atoms with E-state index in [1.165, 1.54) is 0 Å². The van der Waals surface area contributed by atoms with Gasteiger partial charge in [-0.1, -0.05) is 13.8 Å². The number of carbonyl (C=O) groups is 1. The summed E-state index contributed by atoms with van der Waals surface area (Å²) in [4.78, 5) is 13.3. The normalized spacial score (nSPS) is 10.5. The highest BCUT2D eigenvalue weighted by Gasteiger charge is 2.11. The average molecular weight is 187 g/mol. The van der Waals surface area contributed by atoms with Gasteiger partial charge in [0.05, 0.1) is 0 Å². The molecule has 78 valence electrons. The number of hydrogen-bond donors (Lipinski definition) is 1. The van der Waals surface area contributed by atoms with Crippen LogP contribution in [0, 0.1) is 5.92 Å². The molecule has 0 aliphatic rings. The second-order valence-electron chi connectivity index (χ2n) is 3.65. The molecule has 13 heavy (non-hydrogen) atoms. The van der Waals surface area contributed by atoms with Crippen LogP contribution in [-0.2, 0) is 4.79 Å². The van der Waals surface area contributed by atoms with Crippen molar-refractivity contribution < 1.29 is 9.90 Å². The van der Waals surface area contributed by atoms with E-state index < -0.39 is 0 Å². The SMILES string of the molecule is CCN(CC(C)C)C(=O)CCCO. The summed E-state index contributed by atoms with van der Waals surface area (Å²) in [5.41, 5.74) is 0. The summed E-state index contributed by atoms with van der Waals surface area (Å²) in [7, 11) is 0. The number of nitrogens with zero attached hydrogens (tertiary/aromatic N) is 1. The van der Waals surface area contributed by atoms with E-state index in [9.17, 15) is 4.79 Å². The molecule has 0 fully saturated rings. The predicted octanol–water partition coefficient (Wildman–Crippen LogP) is 1.26. The van der Waals surface area contributed by atoms with Crippen LogP contribution in [0.15, 0.2) is 0 Å². The van der Waals surface area contributed by atoms with E-state index in [0.29, 0.717) is 18.8 Å². The van der Waals surface area contributed by atoms with Crippen LogP contribution in [0.2, 0.25) is 0 Å². The van der Waals surface area contributed by atoms with Crippen LogP contribution in [0.25, 0.3) is 0 Å². The second kappa shape index (κ2) is 6.89. The summed E-state index contributed by atoms with van der Waals surface area (Å²) in [5.74, 6) is 0.670. The van der Waals surface area contributed by atoms with Gasteiger partial charge in [0, 0.05) is 26.1 Å². The molecule has 0 aromatic heterocycles. The van der Waals surface area contributed by atoms with Crippen LogP contribution in [0.1, 0.15) is 33.6 Å². The Morgan fingerprint density at radius 2 is 2.08 bits per heavy atom. The molecule has 0 saturated carbocycles. The lowest BCUT2D eigenvalue weighted by molar-refractivity contribution is -0.131. The number of hydrogen-bond acceptors (Lipinski definition) is 2. The van der Waals surface area contributed by atoms with Gasteiger partial charge in [0.15, 0.2) is 0 Å². The molecule has 0 heterocycles. The summed E-state index contributed by atoms with van der Waals surface area (Å²) in [6.45, 7) is 7.87. The Labute approximate surface area is 80.7 Å². The van der Waals surface area contributed by atoms with Crippen LogP contribution >= 0.6 is 0 Å². The van der Waals surface area contributed by atoms with E-state index in [2.05, 4.69) is 13.8 Å². The summed E-state index contributed by atoms with van der Waals surface area (Å²) in [6.07, 6.45) is 1.05. The van der Waals surface area contributed by atoms with Gasteiger partial charge in [0.2, 0.25) is 5.91 Å². The summed E-state index contributed by atoms with van der Waals surface area (Å²) < 4.78 is 0. The molecule has 0 aliphatic heterocycles. The van der Waals surface area contributed by atoms with Crippen molar-refractivity contribution >= 4 is 5.91 Å². The molecular formula is C10H21NO2. The first-order chi connectivity index (χ1) is 6.11. The van der Waals surface area contributed by atoms with Crippen LogP contribution in [0.5, 0.6) is 0 Å². The fourth-order valence-electron chi connectivity index (χ4n) is 1.24. The molecule has 1 amide bonds. The van der Waals surface area contributed by atoms with Crippen LogP contribution in [0.4, 0.5) is 0 Å². The third kappa shape index (κ3) is 5.64. The molecule has 0 bridgehead atoms. The zero-order chi connectivity index (χ0) is 10.3. The third-order valence-corrected chi connectivity index (χ3v) is 1.87. The summed E-state index contributed by atoms with van der Waals surface area (Å²) in [6, 6.07) is 0. The first-order valence-corrected chi connectivity index (χ1v) is 5.00. The van der Waals surface area contributed by atoms with Gasteiger partial charge in [-0.05, 0) is 19.3 Å². The molecule has 0 unspecified atom stereocenters. The molecule has 0 saturated heterocycles. The fraction of sp³-hybridized carbons (Fsp3) is 0.900. The van der Waals surface area contributed by atoms with Gasteiger partial charge in [-0.15, -0.1) is 0 Å². The molecular weight excluding hydrogens is 166 g/mol. The van der Waals surface area contributed by atoms with Gasteiger partial charge in [-0.3, -0.25) is 4.79 Å². The third-order valence-electron chi connectivity index (χ3n) is 1.87. The fourth-order valence-corrected chi connectivity index (χ4v) is 1.24. The van der Waals surface area contributed by atoms with Crippen LogP contribution in [0.3, 0.4) is 0 Å². The highest BCUT2D eigenvalue weighted by atomic mass is 16.3. The molecule has 3 heteroatoms. The number of carbonyl (C=O) groups excluding carboxylic acids is 1. The largest absolute Gasteiger partial charge is 0.396 e. The highest BCUT2D eigenvalue weighted by Crippen LogP contribution is 2.02. The Kier molecular flexibility index (Phi) is 6.59. The van der Waals surface area contributed by atoms with E-state index in [1.807, 2.05) is 11.8 Å². The van der Waals surface area contributed by atoms with E-state index in [1.54, 1.807) is 0 Å². The minimum atomic E-state index is 0.102. The minimum Gasteiger partial charge on any atom is -0.396 e. The number of amides is 1. The van der Waals surface area contributed by atoms with Gasteiger partial charge in [-0.25, -0.2) is 0 Å².